The highest BCUT2D eigenvalue weighted by Gasteiger charge is 2.22. The molecule has 0 aliphatic carbocycles. The summed E-state index contributed by atoms with van der Waals surface area (Å²) in [6, 6.07) is 6.33. The Bertz CT molecular complexity index is 486. The van der Waals surface area contributed by atoms with Gasteiger partial charge in [0.25, 0.3) is 5.91 Å². The van der Waals surface area contributed by atoms with Gasteiger partial charge in [0, 0.05) is 23.6 Å². The van der Waals surface area contributed by atoms with Crippen molar-refractivity contribution >= 4 is 27.5 Å². The Morgan fingerprint density at radius 1 is 1.52 bits per heavy atom. The molecule has 2 rings (SSSR count). The fourth-order valence-corrected chi connectivity index (χ4v) is 3.41. The number of nitrogens with one attached hydrogen (secondary N) is 1. The monoisotopic (exact) mass is 353 g/mol. The standard InChI is InChI=1S/C16H24BrN3O/c1-2-3-10-20(11-12-6-5-9-19-12)14-8-4-7-13(17)15(14)16(18)21/h4,7-8,12,19H,2-3,5-6,9-11H2,1H3,(H2,18,21). The van der Waals surface area contributed by atoms with Gasteiger partial charge in [-0.3, -0.25) is 4.79 Å². The fourth-order valence-electron chi connectivity index (χ4n) is 2.86. The number of carbonyl (C=O) groups is 1. The minimum absolute atomic E-state index is 0.377. The van der Waals surface area contributed by atoms with Gasteiger partial charge in [-0.15, -0.1) is 0 Å². The summed E-state index contributed by atoms with van der Waals surface area (Å²) >= 11 is 3.45. The van der Waals surface area contributed by atoms with Crippen molar-refractivity contribution in [2.75, 3.05) is 24.5 Å². The molecule has 4 nitrogen and oxygen atoms in total. The topological polar surface area (TPSA) is 58.4 Å². The van der Waals surface area contributed by atoms with Gasteiger partial charge >= 0.3 is 0 Å². The number of primary amides is 1. The Hall–Kier alpha value is -1.07. The molecule has 0 aromatic heterocycles. The smallest absolute Gasteiger partial charge is 0.251 e. The number of hydrogen-bond donors (Lipinski definition) is 2. The average Bonchev–Trinajstić information content (AvgIpc) is 2.95. The minimum Gasteiger partial charge on any atom is -0.369 e. The summed E-state index contributed by atoms with van der Waals surface area (Å²) < 4.78 is 0.772. The van der Waals surface area contributed by atoms with Gasteiger partial charge in [0.2, 0.25) is 0 Å². The minimum atomic E-state index is -0.377. The van der Waals surface area contributed by atoms with Crippen molar-refractivity contribution in [2.45, 2.75) is 38.6 Å². The summed E-state index contributed by atoms with van der Waals surface area (Å²) in [5.74, 6) is -0.377. The second-order valence-corrected chi connectivity index (χ2v) is 6.45. The van der Waals surface area contributed by atoms with E-state index < -0.39 is 0 Å². The summed E-state index contributed by atoms with van der Waals surface area (Å²) in [7, 11) is 0. The first kappa shape index (κ1) is 16.3. The number of unbranched alkanes of at least 4 members (excludes halogenated alkanes) is 1. The Balaban J connectivity index is 2.26. The molecule has 1 saturated heterocycles. The van der Waals surface area contributed by atoms with Crippen LogP contribution in [0.2, 0.25) is 0 Å². The maximum atomic E-state index is 11.8. The molecule has 0 radical (unpaired) electrons. The molecule has 5 heteroatoms. The second-order valence-electron chi connectivity index (χ2n) is 5.59. The molecule has 3 N–H and O–H groups in total. The average molecular weight is 354 g/mol. The zero-order valence-electron chi connectivity index (χ0n) is 12.6. The first-order valence-corrected chi connectivity index (χ1v) is 8.49. The first-order valence-electron chi connectivity index (χ1n) is 7.70. The fraction of sp³-hybridized carbons (Fsp3) is 0.562. The van der Waals surface area contributed by atoms with Crippen molar-refractivity contribution in [2.24, 2.45) is 5.73 Å². The number of benzene rings is 1. The number of rotatable bonds is 7. The molecule has 1 unspecified atom stereocenters. The molecule has 21 heavy (non-hydrogen) atoms. The van der Waals surface area contributed by atoms with Crippen molar-refractivity contribution in [1.82, 2.24) is 5.32 Å². The number of nitrogens with two attached hydrogens (primary N) is 1. The molecule has 1 aliphatic rings. The highest BCUT2D eigenvalue weighted by Crippen LogP contribution is 2.28. The van der Waals surface area contributed by atoms with Crippen LogP contribution in [0.3, 0.4) is 0 Å². The number of hydrogen-bond acceptors (Lipinski definition) is 3. The molecule has 1 amide bonds. The summed E-state index contributed by atoms with van der Waals surface area (Å²) in [6.45, 7) is 5.15. The van der Waals surface area contributed by atoms with E-state index in [1.807, 2.05) is 18.2 Å². The predicted molar refractivity (Wildman–Crippen MR) is 90.8 cm³/mol. The first-order chi connectivity index (χ1) is 10.1. The zero-order valence-corrected chi connectivity index (χ0v) is 14.2. The largest absolute Gasteiger partial charge is 0.369 e. The van der Waals surface area contributed by atoms with Gasteiger partial charge in [-0.1, -0.05) is 19.4 Å². The number of carbonyl (C=O) groups excluding carboxylic acids is 1. The van der Waals surface area contributed by atoms with E-state index in [1.165, 1.54) is 12.8 Å². The summed E-state index contributed by atoms with van der Waals surface area (Å²) in [6.07, 6.45) is 4.67. The molecule has 1 aliphatic heterocycles. The lowest BCUT2D eigenvalue weighted by Crippen LogP contribution is -2.39. The Morgan fingerprint density at radius 2 is 2.33 bits per heavy atom. The van der Waals surface area contributed by atoms with Crippen molar-refractivity contribution in [3.8, 4) is 0 Å². The molecule has 1 atom stereocenters. The molecule has 1 aromatic carbocycles. The molecule has 116 valence electrons. The van der Waals surface area contributed by atoms with Crippen LogP contribution in [-0.2, 0) is 0 Å². The highest BCUT2D eigenvalue weighted by molar-refractivity contribution is 9.10. The number of nitrogens with zero attached hydrogens (tertiary/aromatic N) is 1. The third-order valence-electron chi connectivity index (χ3n) is 3.96. The van der Waals surface area contributed by atoms with Crippen LogP contribution < -0.4 is 16.0 Å². The van der Waals surface area contributed by atoms with Crippen LogP contribution in [0, 0.1) is 0 Å². The van der Waals surface area contributed by atoms with E-state index >= 15 is 0 Å². The maximum Gasteiger partial charge on any atom is 0.251 e. The van der Waals surface area contributed by atoms with Crippen LogP contribution in [-0.4, -0.2) is 31.6 Å². The van der Waals surface area contributed by atoms with E-state index in [0.29, 0.717) is 11.6 Å². The third kappa shape index (κ3) is 4.20. The lowest BCUT2D eigenvalue weighted by atomic mass is 10.1. The molecule has 0 saturated carbocycles. The van der Waals surface area contributed by atoms with Crippen LogP contribution in [0.1, 0.15) is 43.0 Å². The van der Waals surface area contributed by atoms with Gasteiger partial charge in [0.15, 0.2) is 0 Å². The molecule has 1 heterocycles. The molecular weight excluding hydrogens is 330 g/mol. The normalized spacial score (nSPS) is 17.9. The molecule has 0 bridgehead atoms. The molecule has 1 aromatic rings. The van der Waals surface area contributed by atoms with Crippen molar-refractivity contribution in [3.63, 3.8) is 0 Å². The Kier molecular flexibility index (Phi) is 6.06. The van der Waals surface area contributed by atoms with Crippen LogP contribution >= 0.6 is 15.9 Å². The lowest BCUT2D eigenvalue weighted by Gasteiger charge is -2.29. The third-order valence-corrected chi connectivity index (χ3v) is 4.62. The Morgan fingerprint density at radius 3 is 2.95 bits per heavy atom. The van der Waals surface area contributed by atoms with Crippen molar-refractivity contribution in [3.05, 3.63) is 28.2 Å². The molecular formula is C16H24BrN3O. The number of amides is 1. The quantitative estimate of drug-likeness (QED) is 0.792. The van der Waals surface area contributed by atoms with Crippen molar-refractivity contribution < 1.29 is 4.79 Å². The van der Waals surface area contributed by atoms with E-state index in [-0.39, 0.29) is 5.91 Å². The van der Waals surface area contributed by atoms with Gasteiger partial charge in [-0.2, -0.15) is 0 Å². The summed E-state index contributed by atoms with van der Waals surface area (Å²) in [4.78, 5) is 14.1. The summed E-state index contributed by atoms with van der Waals surface area (Å²) in [5, 5.41) is 3.53. The van der Waals surface area contributed by atoms with Crippen LogP contribution in [0.5, 0.6) is 0 Å². The van der Waals surface area contributed by atoms with E-state index in [0.717, 1.165) is 42.6 Å². The lowest BCUT2D eigenvalue weighted by molar-refractivity contribution is 0.1000. The van der Waals surface area contributed by atoms with E-state index in [1.54, 1.807) is 0 Å². The maximum absolute atomic E-state index is 11.8. The van der Waals surface area contributed by atoms with E-state index in [2.05, 4.69) is 33.1 Å². The van der Waals surface area contributed by atoms with Gasteiger partial charge < -0.3 is 16.0 Å². The van der Waals surface area contributed by atoms with E-state index in [4.69, 9.17) is 5.73 Å². The van der Waals surface area contributed by atoms with Crippen LogP contribution in [0.4, 0.5) is 5.69 Å². The number of halogens is 1. The molecule has 0 spiro atoms. The zero-order chi connectivity index (χ0) is 15.2. The number of anilines is 1. The predicted octanol–water partition coefficient (Wildman–Crippen LogP) is 2.91. The van der Waals surface area contributed by atoms with Crippen LogP contribution in [0.15, 0.2) is 22.7 Å². The summed E-state index contributed by atoms with van der Waals surface area (Å²) in [5.41, 5.74) is 7.11. The van der Waals surface area contributed by atoms with Gasteiger partial charge in [-0.05, 0) is 53.9 Å². The van der Waals surface area contributed by atoms with Gasteiger partial charge in [-0.25, -0.2) is 0 Å². The van der Waals surface area contributed by atoms with Gasteiger partial charge in [0.05, 0.1) is 11.3 Å². The van der Waals surface area contributed by atoms with Crippen molar-refractivity contribution in [1.29, 1.82) is 0 Å². The van der Waals surface area contributed by atoms with E-state index in [9.17, 15) is 4.79 Å². The second kappa shape index (κ2) is 7.80. The SMILES string of the molecule is CCCCN(CC1CCCN1)c1cccc(Br)c1C(N)=O. The van der Waals surface area contributed by atoms with Crippen LogP contribution in [0.25, 0.3) is 0 Å². The molecule has 1 fully saturated rings. The Labute approximate surface area is 135 Å². The highest BCUT2D eigenvalue weighted by atomic mass is 79.9. The van der Waals surface area contributed by atoms with Gasteiger partial charge in [0.1, 0.15) is 0 Å².